The average Bonchev–Trinajstić information content (AvgIpc) is 3.69. The number of benzene rings is 1. The van der Waals surface area contributed by atoms with Crippen LogP contribution >= 0.6 is 0 Å². The van der Waals surface area contributed by atoms with Crippen molar-refractivity contribution in [2.24, 2.45) is 5.92 Å². The number of aromatic nitrogens is 3. The Morgan fingerprint density at radius 2 is 1.58 bits per heavy atom. The lowest BCUT2D eigenvalue weighted by atomic mass is 10.0. The molecular formula is C40H58N6O6. The number of rotatable bonds is 11. The van der Waals surface area contributed by atoms with E-state index >= 15 is 0 Å². The van der Waals surface area contributed by atoms with Gasteiger partial charge >= 0.3 is 12.2 Å². The minimum Gasteiger partial charge on any atom is -0.444 e. The molecule has 0 unspecified atom stereocenters. The summed E-state index contributed by atoms with van der Waals surface area (Å²) in [7, 11) is 0. The molecule has 284 valence electrons. The van der Waals surface area contributed by atoms with Crippen LogP contribution in [-0.2, 0) is 25.4 Å². The fraction of sp³-hybridized carbons (Fsp3) is 0.600. The number of anilines is 1. The van der Waals surface area contributed by atoms with E-state index in [-0.39, 0.29) is 30.3 Å². The third-order valence-electron chi connectivity index (χ3n) is 9.53. The minimum atomic E-state index is -0.811. The van der Waals surface area contributed by atoms with E-state index in [4.69, 9.17) is 24.7 Å². The predicted octanol–water partition coefficient (Wildman–Crippen LogP) is 7.62. The first-order valence-corrected chi connectivity index (χ1v) is 18.5. The SMILES string of the molecule is C/C=C(\C)c1cn([C@@H]2C[C@H](CN(CCCN(CCc3ccccc3)C(=O)OC(C)(C)C)C(=O)OC(C)(C)C)[C@H]3OC(C)(C)O[C@H]32)c2ncnc(N)c12. The molecule has 1 saturated heterocycles. The molecule has 12 nitrogen and oxygen atoms in total. The van der Waals surface area contributed by atoms with Gasteiger partial charge in [-0.25, -0.2) is 19.6 Å². The van der Waals surface area contributed by atoms with Crippen LogP contribution in [0.15, 0.2) is 48.9 Å². The van der Waals surface area contributed by atoms with Gasteiger partial charge in [0.05, 0.1) is 17.5 Å². The van der Waals surface area contributed by atoms with E-state index < -0.39 is 23.1 Å². The van der Waals surface area contributed by atoms with Crippen LogP contribution in [0.4, 0.5) is 15.4 Å². The molecule has 1 aromatic carbocycles. The maximum Gasteiger partial charge on any atom is 0.410 e. The van der Waals surface area contributed by atoms with E-state index in [1.807, 2.05) is 80.5 Å². The average molecular weight is 719 g/mol. The smallest absolute Gasteiger partial charge is 0.410 e. The molecule has 0 radical (unpaired) electrons. The van der Waals surface area contributed by atoms with Crippen molar-refractivity contribution in [3.8, 4) is 0 Å². The molecule has 1 saturated carbocycles. The fourth-order valence-electron chi connectivity index (χ4n) is 7.17. The van der Waals surface area contributed by atoms with E-state index in [0.717, 1.165) is 27.7 Å². The molecule has 2 N–H and O–H groups in total. The molecule has 4 atom stereocenters. The maximum absolute atomic E-state index is 13.8. The zero-order chi connectivity index (χ0) is 38.0. The molecule has 2 aromatic heterocycles. The Balaban J connectivity index is 1.39. The summed E-state index contributed by atoms with van der Waals surface area (Å²) in [6, 6.07) is 9.94. The summed E-state index contributed by atoms with van der Waals surface area (Å²) < 4.78 is 27.0. The van der Waals surface area contributed by atoms with Crippen LogP contribution in [0.25, 0.3) is 16.6 Å². The molecule has 3 heterocycles. The molecule has 1 aliphatic carbocycles. The van der Waals surface area contributed by atoms with Gasteiger partial charge in [0.15, 0.2) is 5.79 Å². The Bertz CT molecular complexity index is 1740. The molecule has 3 aromatic rings. The lowest BCUT2D eigenvalue weighted by molar-refractivity contribution is -0.160. The number of hydrogen-bond donors (Lipinski definition) is 1. The first-order valence-electron chi connectivity index (χ1n) is 18.5. The highest BCUT2D eigenvalue weighted by molar-refractivity contribution is 5.97. The number of fused-ring (bicyclic) bond motifs is 2. The summed E-state index contributed by atoms with van der Waals surface area (Å²) in [4.78, 5) is 39.6. The first kappa shape index (κ1) is 39.1. The van der Waals surface area contributed by atoms with Gasteiger partial charge in [-0.05, 0) is 99.6 Å². The Morgan fingerprint density at radius 3 is 2.21 bits per heavy atom. The summed E-state index contributed by atoms with van der Waals surface area (Å²) in [6.45, 7) is 20.8. The zero-order valence-corrected chi connectivity index (χ0v) is 32.6. The normalized spacial score (nSPS) is 21.6. The van der Waals surface area contributed by atoms with Crippen molar-refractivity contribution >= 4 is 34.6 Å². The summed E-state index contributed by atoms with van der Waals surface area (Å²) in [5.41, 5.74) is 9.02. The van der Waals surface area contributed by atoms with Gasteiger partial charge in [-0.3, -0.25) is 0 Å². The molecular weight excluding hydrogens is 660 g/mol. The number of nitrogens with two attached hydrogens (primary N) is 1. The summed E-state index contributed by atoms with van der Waals surface area (Å²) in [6.07, 6.45) is 6.19. The highest BCUT2D eigenvalue weighted by Crippen LogP contribution is 2.49. The summed E-state index contributed by atoms with van der Waals surface area (Å²) in [5.74, 6) is -0.461. The largest absolute Gasteiger partial charge is 0.444 e. The monoisotopic (exact) mass is 718 g/mol. The molecule has 1 aliphatic heterocycles. The van der Waals surface area contributed by atoms with Crippen molar-refractivity contribution in [3.05, 3.63) is 60.1 Å². The lowest BCUT2D eigenvalue weighted by Crippen LogP contribution is -2.44. The second-order valence-electron chi connectivity index (χ2n) is 16.5. The van der Waals surface area contributed by atoms with Gasteiger partial charge in [0.1, 0.15) is 35.1 Å². The van der Waals surface area contributed by atoms with E-state index in [9.17, 15) is 9.59 Å². The highest BCUT2D eigenvalue weighted by atomic mass is 16.8. The molecule has 52 heavy (non-hydrogen) atoms. The Kier molecular flexibility index (Phi) is 11.6. The molecule has 12 heteroatoms. The van der Waals surface area contributed by atoms with Crippen molar-refractivity contribution in [2.45, 2.75) is 124 Å². The number of ether oxygens (including phenoxy) is 4. The van der Waals surface area contributed by atoms with Gasteiger partial charge in [-0.2, -0.15) is 0 Å². The number of amides is 2. The number of allylic oxidation sites excluding steroid dienone is 2. The standard InChI is InChI=1S/C40H58N6O6/c1-11-26(2)29-24-46(35-31(29)34(41)42-25-43-35)30-22-28(32-33(30)50-40(9,10)49-32)23-45(37(48)52-39(6,7)8)20-15-19-44(36(47)51-38(3,4)5)21-18-27-16-13-12-14-17-27/h11-14,16-17,24-25,28,30,32-33H,15,18-23H2,1-10H3,(H2,41,42,43)/b26-11+/t28-,30-,32-,33+/m1/s1. The van der Waals surface area contributed by atoms with Crippen molar-refractivity contribution < 1.29 is 28.5 Å². The van der Waals surface area contributed by atoms with Crippen LogP contribution in [0, 0.1) is 5.92 Å². The maximum atomic E-state index is 13.8. The third-order valence-corrected chi connectivity index (χ3v) is 9.53. The highest BCUT2D eigenvalue weighted by Gasteiger charge is 2.55. The van der Waals surface area contributed by atoms with Gasteiger partial charge in [0.2, 0.25) is 0 Å². The Morgan fingerprint density at radius 1 is 0.962 bits per heavy atom. The van der Waals surface area contributed by atoms with Gasteiger partial charge in [0.25, 0.3) is 0 Å². The van der Waals surface area contributed by atoms with Gasteiger partial charge in [0, 0.05) is 43.9 Å². The van der Waals surface area contributed by atoms with Crippen molar-refractivity contribution in [1.29, 1.82) is 0 Å². The van der Waals surface area contributed by atoms with E-state index in [2.05, 4.69) is 45.9 Å². The second-order valence-corrected chi connectivity index (χ2v) is 16.5. The summed E-state index contributed by atoms with van der Waals surface area (Å²) in [5, 5.41) is 0.813. The van der Waals surface area contributed by atoms with Crippen LogP contribution in [0.1, 0.15) is 99.2 Å². The van der Waals surface area contributed by atoms with Crippen molar-refractivity contribution in [2.75, 3.05) is 31.9 Å². The van der Waals surface area contributed by atoms with Gasteiger partial charge in [-0.1, -0.05) is 36.4 Å². The fourth-order valence-corrected chi connectivity index (χ4v) is 7.17. The van der Waals surface area contributed by atoms with Crippen LogP contribution in [0.2, 0.25) is 0 Å². The van der Waals surface area contributed by atoms with E-state index in [0.29, 0.717) is 51.3 Å². The Labute approximate surface area is 308 Å². The molecule has 2 aliphatic rings. The minimum absolute atomic E-state index is 0.0766. The van der Waals surface area contributed by atoms with E-state index in [1.165, 1.54) is 6.33 Å². The second kappa shape index (κ2) is 15.4. The Hall–Kier alpha value is -4.16. The number of hydrogen-bond acceptors (Lipinski definition) is 9. The predicted molar refractivity (Wildman–Crippen MR) is 203 cm³/mol. The van der Waals surface area contributed by atoms with Crippen LogP contribution in [0.5, 0.6) is 0 Å². The molecule has 0 spiro atoms. The summed E-state index contributed by atoms with van der Waals surface area (Å²) >= 11 is 0. The van der Waals surface area contributed by atoms with Crippen LogP contribution in [-0.4, -0.2) is 91.9 Å². The van der Waals surface area contributed by atoms with Crippen LogP contribution in [0.3, 0.4) is 0 Å². The van der Waals surface area contributed by atoms with Crippen molar-refractivity contribution in [3.63, 3.8) is 0 Å². The van der Waals surface area contributed by atoms with Gasteiger partial charge in [-0.15, -0.1) is 0 Å². The number of nitrogens with zero attached hydrogens (tertiary/aromatic N) is 5. The van der Waals surface area contributed by atoms with Gasteiger partial charge < -0.3 is 39.0 Å². The quantitative estimate of drug-likeness (QED) is 0.212. The van der Waals surface area contributed by atoms with Crippen molar-refractivity contribution in [1.82, 2.24) is 24.3 Å². The lowest BCUT2D eigenvalue weighted by Gasteiger charge is -2.32. The van der Waals surface area contributed by atoms with E-state index in [1.54, 1.807) is 9.80 Å². The number of nitrogen functional groups attached to an aromatic ring is 1. The molecule has 2 fully saturated rings. The first-order chi connectivity index (χ1) is 24.4. The zero-order valence-electron chi connectivity index (χ0n) is 32.6. The molecule has 0 bridgehead atoms. The van der Waals surface area contributed by atoms with Crippen LogP contribution < -0.4 is 5.73 Å². The molecule has 2 amide bonds. The third kappa shape index (κ3) is 9.43. The topological polar surface area (TPSA) is 134 Å². The molecule has 5 rings (SSSR count). The number of carbonyl (C=O) groups excluding carboxylic acids is 2. The number of carbonyl (C=O) groups is 2.